The molecule has 2 N–H and O–H groups in total. The quantitative estimate of drug-likeness (QED) is 0.655. The van der Waals surface area contributed by atoms with E-state index in [1.807, 2.05) is 37.3 Å². The number of rotatable bonds is 5. The molecule has 6 heteroatoms. The number of nitrogens with one attached hydrogen (secondary N) is 2. The minimum Gasteiger partial charge on any atom is -0.359 e. The zero-order valence-corrected chi connectivity index (χ0v) is 13.8. The maximum absolute atomic E-state index is 6.02. The van der Waals surface area contributed by atoms with Crippen molar-refractivity contribution in [2.45, 2.75) is 32.9 Å². The molecule has 1 aromatic carbocycles. The third kappa shape index (κ3) is 4.49. The molecule has 1 unspecified atom stereocenters. The van der Waals surface area contributed by atoms with Crippen molar-refractivity contribution >= 4 is 17.6 Å². The van der Waals surface area contributed by atoms with E-state index >= 15 is 0 Å². The molecule has 1 atom stereocenters. The summed E-state index contributed by atoms with van der Waals surface area (Å²) in [6.07, 6.45) is 0.863. The van der Waals surface area contributed by atoms with E-state index in [4.69, 9.17) is 16.1 Å². The molecule has 0 aliphatic carbocycles. The fourth-order valence-electron chi connectivity index (χ4n) is 2.04. The van der Waals surface area contributed by atoms with E-state index in [0.717, 1.165) is 28.5 Å². The van der Waals surface area contributed by atoms with Crippen LogP contribution >= 0.6 is 11.6 Å². The van der Waals surface area contributed by atoms with E-state index in [-0.39, 0.29) is 6.04 Å². The van der Waals surface area contributed by atoms with Crippen molar-refractivity contribution in [2.75, 3.05) is 7.05 Å². The minimum absolute atomic E-state index is 0.0887. The predicted octanol–water partition coefficient (Wildman–Crippen LogP) is 3.32. The zero-order valence-electron chi connectivity index (χ0n) is 13.1. The van der Waals surface area contributed by atoms with Crippen LogP contribution in [-0.4, -0.2) is 18.2 Å². The van der Waals surface area contributed by atoms with Crippen LogP contribution in [-0.2, 0) is 13.0 Å². The number of guanidine groups is 1. The molecule has 1 heterocycles. The maximum Gasteiger partial charge on any atom is 0.191 e. The van der Waals surface area contributed by atoms with E-state index < -0.39 is 0 Å². The predicted molar refractivity (Wildman–Crippen MR) is 89.1 cm³/mol. The topological polar surface area (TPSA) is 62.5 Å². The smallest absolute Gasteiger partial charge is 0.191 e. The maximum atomic E-state index is 6.02. The number of aliphatic imine (C=N–C) groups is 1. The van der Waals surface area contributed by atoms with E-state index in [1.165, 1.54) is 0 Å². The van der Waals surface area contributed by atoms with Crippen molar-refractivity contribution in [3.8, 4) is 0 Å². The Kier molecular flexibility index (Phi) is 5.83. The second kappa shape index (κ2) is 7.84. The average molecular weight is 321 g/mol. The first-order chi connectivity index (χ1) is 10.6. The van der Waals surface area contributed by atoms with Crippen LogP contribution in [0.25, 0.3) is 0 Å². The zero-order chi connectivity index (χ0) is 15.9. The van der Waals surface area contributed by atoms with Gasteiger partial charge >= 0.3 is 0 Å². The first kappa shape index (κ1) is 16.4. The highest BCUT2D eigenvalue weighted by Crippen LogP contribution is 2.17. The Balaban J connectivity index is 1.92. The Bertz CT molecular complexity index is 639. The number of halogens is 1. The average Bonchev–Trinajstić information content (AvgIpc) is 2.99. The van der Waals surface area contributed by atoms with Gasteiger partial charge in [-0.15, -0.1) is 0 Å². The Morgan fingerprint density at radius 1 is 1.41 bits per heavy atom. The number of aryl methyl sites for hydroxylation is 1. The summed E-state index contributed by atoms with van der Waals surface area (Å²) in [6.45, 7) is 4.64. The molecule has 1 aromatic heterocycles. The standard InChI is InChI=1S/C16H21ClN4O/c1-4-14-9-15(22-21-14)10-19-16(18-3)20-11(2)12-6-5-7-13(17)8-12/h5-9,11H,4,10H2,1-3H3,(H2,18,19,20). The number of hydrogen-bond donors (Lipinski definition) is 2. The molecule has 22 heavy (non-hydrogen) atoms. The second-order valence-corrected chi connectivity index (χ2v) is 5.42. The molecule has 0 aliphatic heterocycles. The van der Waals surface area contributed by atoms with E-state index in [9.17, 15) is 0 Å². The summed E-state index contributed by atoms with van der Waals surface area (Å²) in [4.78, 5) is 4.22. The third-order valence-electron chi connectivity index (χ3n) is 3.33. The van der Waals surface area contributed by atoms with Crippen molar-refractivity contribution in [3.05, 3.63) is 52.4 Å². The fourth-order valence-corrected chi connectivity index (χ4v) is 2.23. The Morgan fingerprint density at radius 2 is 2.23 bits per heavy atom. The lowest BCUT2D eigenvalue weighted by molar-refractivity contribution is 0.374. The summed E-state index contributed by atoms with van der Waals surface area (Å²) in [5, 5.41) is 11.2. The first-order valence-corrected chi connectivity index (χ1v) is 7.67. The van der Waals surface area contributed by atoms with Crippen molar-refractivity contribution in [1.82, 2.24) is 15.8 Å². The molecule has 2 rings (SSSR count). The molecule has 0 radical (unpaired) electrons. The van der Waals surface area contributed by atoms with E-state index in [0.29, 0.717) is 12.5 Å². The summed E-state index contributed by atoms with van der Waals surface area (Å²) in [5.74, 6) is 1.48. The van der Waals surface area contributed by atoms with Gasteiger partial charge in [-0.1, -0.05) is 35.8 Å². The summed E-state index contributed by atoms with van der Waals surface area (Å²) >= 11 is 6.02. The monoisotopic (exact) mass is 320 g/mol. The number of benzene rings is 1. The Hall–Kier alpha value is -2.01. The van der Waals surface area contributed by atoms with Crippen LogP contribution in [0, 0.1) is 0 Å². The van der Waals surface area contributed by atoms with Crippen molar-refractivity contribution in [3.63, 3.8) is 0 Å². The van der Waals surface area contributed by atoms with Crippen LogP contribution in [0.1, 0.15) is 36.9 Å². The molecule has 0 spiro atoms. The van der Waals surface area contributed by atoms with Gasteiger partial charge in [0.15, 0.2) is 11.7 Å². The van der Waals surface area contributed by atoms with Gasteiger partial charge in [-0.25, -0.2) is 0 Å². The third-order valence-corrected chi connectivity index (χ3v) is 3.56. The lowest BCUT2D eigenvalue weighted by Crippen LogP contribution is -2.38. The minimum atomic E-state index is 0.0887. The van der Waals surface area contributed by atoms with E-state index in [1.54, 1.807) is 7.05 Å². The van der Waals surface area contributed by atoms with Gasteiger partial charge in [0.1, 0.15) is 0 Å². The highest BCUT2D eigenvalue weighted by molar-refractivity contribution is 6.30. The van der Waals surface area contributed by atoms with Crippen molar-refractivity contribution in [1.29, 1.82) is 0 Å². The summed E-state index contributed by atoms with van der Waals surface area (Å²) in [6, 6.07) is 9.80. The lowest BCUT2D eigenvalue weighted by Gasteiger charge is -2.18. The molecule has 5 nitrogen and oxygen atoms in total. The van der Waals surface area contributed by atoms with Crippen LogP contribution in [0.2, 0.25) is 5.02 Å². The van der Waals surface area contributed by atoms with Gasteiger partial charge in [-0.3, -0.25) is 4.99 Å². The highest BCUT2D eigenvalue weighted by Gasteiger charge is 2.09. The molecular formula is C16H21ClN4O. The van der Waals surface area contributed by atoms with Gasteiger partial charge in [-0.05, 0) is 31.0 Å². The van der Waals surface area contributed by atoms with Gasteiger partial charge in [0.05, 0.1) is 18.3 Å². The molecular weight excluding hydrogens is 300 g/mol. The summed E-state index contributed by atoms with van der Waals surface area (Å²) < 4.78 is 5.24. The van der Waals surface area contributed by atoms with Crippen LogP contribution in [0.3, 0.4) is 0 Å². The van der Waals surface area contributed by atoms with Gasteiger partial charge in [0, 0.05) is 18.1 Å². The molecule has 0 aliphatic rings. The molecule has 118 valence electrons. The second-order valence-electron chi connectivity index (χ2n) is 4.98. The molecule has 0 saturated heterocycles. The Morgan fingerprint density at radius 3 is 2.86 bits per heavy atom. The van der Waals surface area contributed by atoms with Crippen molar-refractivity contribution < 1.29 is 4.52 Å². The SMILES string of the molecule is CCc1cc(CNC(=NC)NC(C)c2cccc(Cl)c2)on1. The summed E-state index contributed by atoms with van der Waals surface area (Å²) in [7, 11) is 1.73. The van der Waals surface area contributed by atoms with E-state index in [2.05, 4.69) is 27.7 Å². The van der Waals surface area contributed by atoms with Gasteiger partial charge < -0.3 is 15.2 Å². The van der Waals surface area contributed by atoms with Gasteiger partial charge in [0.25, 0.3) is 0 Å². The normalized spacial score (nSPS) is 13.0. The highest BCUT2D eigenvalue weighted by atomic mass is 35.5. The fraction of sp³-hybridized carbons (Fsp3) is 0.375. The molecule has 0 fully saturated rings. The molecule has 0 saturated carbocycles. The van der Waals surface area contributed by atoms with Crippen molar-refractivity contribution in [2.24, 2.45) is 4.99 Å². The van der Waals surface area contributed by atoms with Crippen LogP contribution in [0.4, 0.5) is 0 Å². The van der Waals surface area contributed by atoms with Gasteiger partial charge in [-0.2, -0.15) is 0 Å². The largest absolute Gasteiger partial charge is 0.359 e. The van der Waals surface area contributed by atoms with Crippen LogP contribution < -0.4 is 10.6 Å². The van der Waals surface area contributed by atoms with Crippen LogP contribution in [0.15, 0.2) is 39.8 Å². The molecule has 2 aromatic rings. The number of nitrogens with zero attached hydrogens (tertiary/aromatic N) is 2. The number of hydrogen-bond acceptors (Lipinski definition) is 3. The lowest BCUT2D eigenvalue weighted by atomic mass is 10.1. The number of aromatic nitrogens is 1. The Labute approximate surface area is 135 Å². The molecule has 0 amide bonds. The summed E-state index contributed by atoms with van der Waals surface area (Å²) in [5.41, 5.74) is 2.05. The molecule has 0 bridgehead atoms. The first-order valence-electron chi connectivity index (χ1n) is 7.29. The van der Waals surface area contributed by atoms with Crippen LogP contribution in [0.5, 0.6) is 0 Å². The van der Waals surface area contributed by atoms with Gasteiger partial charge in [0.2, 0.25) is 0 Å².